The third-order valence-electron chi connectivity index (χ3n) is 3.64. The Morgan fingerprint density at radius 1 is 1.16 bits per heavy atom. The van der Waals surface area contributed by atoms with E-state index in [2.05, 4.69) is 5.32 Å². The summed E-state index contributed by atoms with van der Waals surface area (Å²) in [6.07, 6.45) is 0.746. The fourth-order valence-corrected chi connectivity index (χ4v) is 2.55. The van der Waals surface area contributed by atoms with Crippen LogP contribution in [0, 0.1) is 11.6 Å². The molecule has 2 amide bonds. The van der Waals surface area contributed by atoms with Crippen LogP contribution in [0.1, 0.15) is 22.8 Å². The molecule has 1 N–H and O–H groups in total. The highest BCUT2D eigenvalue weighted by Crippen LogP contribution is 2.21. The summed E-state index contributed by atoms with van der Waals surface area (Å²) < 4.78 is 26.4. The van der Waals surface area contributed by atoms with Gasteiger partial charge in [-0.2, -0.15) is 0 Å². The fraction of sp³-hybridized carbons (Fsp3) is 0.222. The molecule has 0 fully saturated rings. The van der Waals surface area contributed by atoms with Crippen LogP contribution in [0.5, 0.6) is 0 Å². The van der Waals surface area contributed by atoms with Crippen molar-refractivity contribution < 1.29 is 18.4 Å². The van der Waals surface area contributed by atoms with Crippen LogP contribution < -0.4 is 5.32 Å². The first kappa shape index (κ1) is 18.9. The molecular formula is C18H17ClF2N2O2. The first-order valence-corrected chi connectivity index (χ1v) is 7.99. The van der Waals surface area contributed by atoms with E-state index in [0.29, 0.717) is 5.69 Å². The molecule has 0 aliphatic carbocycles. The highest BCUT2D eigenvalue weighted by atomic mass is 35.5. The van der Waals surface area contributed by atoms with Gasteiger partial charge in [-0.3, -0.25) is 9.59 Å². The fourth-order valence-electron chi connectivity index (χ4n) is 2.32. The van der Waals surface area contributed by atoms with Crippen molar-refractivity contribution in [1.82, 2.24) is 4.90 Å². The molecule has 0 heterocycles. The number of halogens is 3. The van der Waals surface area contributed by atoms with E-state index in [0.717, 1.165) is 29.0 Å². The van der Waals surface area contributed by atoms with Crippen LogP contribution in [0.4, 0.5) is 14.5 Å². The number of aryl methyl sites for hydroxylation is 1. The van der Waals surface area contributed by atoms with Crippen molar-refractivity contribution in [3.05, 3.63) is 64.2 Å². The Morgan fingerprint density at radius 2 is 1.80 bits per heavy atom. The molecule has 0 saturated heterocycles. The van der Waals surface area contributed by atoms with E-state index in [-0.39, 0.29) is 17.1 Å². The predicted octanol–water partition coefficient (Wildman–Crippen LogP) is 3.89. The number of rotatable bonds is 5. The van der Waals surface area contributed by atoms with Crippen molar-refractivity contribution in [3.63, 3.8) is 0 Å². The molecule has 0 unspecified atom stereocenters. The highest BCUT2D eigenvalue weighted by molar-refractivity contribution is 6.33. The van der Waals surface area contributed by atoms with Crippen molar-refractivity contribution >= 4 is 29.1 Å². The summed E-state index contributed by atoms with van der Waals surface area (Å²) in [5.74, 6) is -3.40. The van der Waals surface area contributed by atoms with E-state index >= 15 is 0 Å². The van der Waals surface area contributed by atoms with Crippen LogP contribution in [0.3, 0.4) is 0 Å². The molecule has 2 aromatic carbocycles. The van der Waals surface area contributed by atoms with Crippen molar-refractivity contribution in [2.45, 2.75) is 13.3 Å². The van der Waals surface area contributed by atoms with Gasteiger partial charge in [0.2, 0.25) is 5.91 Å². The lowest BCUT2D eigenvalue weighted by atomic mass is 10.1. The summed E-state index contributed by atoms with van der Waals surface area (Å²) in [7, 11) is 1.38. The minimum Gasteiger partial charge on any atom is -0.332 e. The van der Waals surface area contributed by atoms with Crippen LogP contribution in [0.15, 0.2) is 36.4 Å². The van der Waals surface area contributed by atoms with Gasteiger partial charge in [-0.05, 0) is 30.2 Å². The normalized spacial score (nSPS) is 10.4. The number of amides is 2. The zero-order chi connectivity index (χ0) is 18.6. The smallest absolute Gasteiger partial charge is 0.255 e. The number of anilines is 1. The molecule has 4 nitrogen and oxygen atoms in total. The third-order valence-corrected chi connectivity index (χ3v) is 3.95. The molecule has 132 valence electrons. The summed E-state index contributed by atoms with van der Waals surface area (Å²) in [4.78, 5) is 25.6. The molecule has 0 atom stereocenters. The zero-order valence-electron chi connectivity index (χ0n) is 13.8. The lowest BCUT2D eigenvalue weighted by molar-refractivity contribution is -0.116. The minimum atomic E-state index is -1.18. The maximum absolute atomic E-state index is 13.3. The number of para-hydroxylation sites is 1. The second-order valence-corrected chi connectivity index (χ2v) is 5.87. The SMILES string of the molecule is CCc1ccccc1NC(=O)CN(C)C(=O)c1cc(F)c(F)cc1Cl. The van der Waals surface area contributed by atoms with Gasteiger partial charge in [-0.1, -0.05) is 36.7 Å². The molecule has 25 heavy (non-hydrogen) atoms. The number of carbonyl (C=O) groups is 2. The van der Waals surface area contributed by atoms with Crippen LogP contribution in [-0.4, -0.2) is 30.3 Å². The Kier molecular flexibility index (Phi) is 6.09. The quantitative estimate of drug-likeness (QED) is 0.816. The van der Waals surface area contributed by atoms with Crippen LogP contribution in [0.25, 0.3) is 0 Å². The van der Waals surface area contributed by atoms with Gasteiger partial charge in [0.25, 0.3) is 5.91 Å². The molecule has 0 radical (unpaired) electrons. The molecule has 0 saturated carbocycles. The van der Waals surface area contributed by atoms with Crippen molar-refractivity contribution in [2.24, 2.45) is 0 Å². The van der Waals surface area contributed by atoms with Gasteiger partial charge in [-0.15, -0.1) is 0 Å². The summed E-state index contributed by atoms with van der Waals surface area (Å²) in [6, 6.07) is 8.78. The van der Waals surface area contributed by atoms with Crippen molar-refractivity contribution in [1.29, 1.82) is 0 Å². The second-order valence-electron chi connectivity index (χ2n) is 5.47. The van der Waals surface area contributed by atoms with E-state index in [1.54, 1.807) is 12.1 Å². The summed E-state index contributed by atoms with van der Waals surface area (Å²) in [5.41, 5.74) is 1.43. The second kappa shape index (κ2) is 8.07. The molecule has 0 bridgehead atoms. The number of hydrogen-bond acceptors (Lipinski definition) is 2. The molecule has 2 rings (SSSR count). The van der Waals surface area contributed by atoms with Crippen molar-refractivity contribution in [3.8, 4) is 0 Å². The first-order valence-electron chi connectivity index (χ1n) is 7.61. The van der Waals surface area contributed by atoms with E-state index in [9.17, 15) is 18.4 Å². The van der Waals surface area contributed by atoms with E-state index in [1.807, 2.05) is 19.1 Å². The predicted molar refractivity (Wildman–Crippen MR) is 92.8 cm³/mol. The zero-order valence-corrected chi connectivity index (χ0v) is 14.5. The first-order chi connectivity index (χ1) is 11.8. The number of hydrogen-bond donors (Lipinski definition) is 1. The Balaban J connectivity index is 2.08. The molecule has 0 aliphatic heterocycles. The lowest BCUT2D eigenvalue weighted by Crippen LogP contribution is -2.35. The molecule has 7 heteroatoms. The average Bonchev–Trinajstić information content (AvgIpc) is 2.57. The maximum Gasteiger partial charge on any atom is 0.255 e. The third kappa shape index (κ3) is 4.54. The Bertz CT molecular complexity index is 812. The highest BCUT2D eigenvalue weighted by Gasteiger charge is 2.20. The number of nitrogens with zero attached hydrogens (tertiary/aromatic N) is 1. The lowest BCUT2D eigenvalue weighted by Gasteiger charge is -2.18. The summed E-state index contributed by atoms with van der Waals surface area (Å²) in [6.45, 7) is 1.71. The van der Waals surface area contributed by atoms with Gasteiger partial charge in [0, 0.05) is 12.7 Å². The monoisotopic (exact) mass is 366 g/mol. The van der Waals surface area contributed by atoms with E-state index in [4.69, 9.17) is 11.6 Å². The van der Waals surface area contributed by atoms with E-state index in [1.165, 1.54) is 7.05 Å². The number of carbonyl (C=O) groups excluding carboxylic acids is 2. The molecular weight excluding hydrogens is 350 g/mol. The Morgan fingerprint density at radius 3 is 2.48 bits per heavy atom. The van der Waals surface area contributed by atoms with Gasteiger partial charge in [0.1, 0.15) is 0 Å². The summed E-state index contributed by atoms with van der Waals surface area (Å²) in [5, 5.41) is 2.52. The average molecular weight is 367 g/mol. The van der Waals surface area contributed by atoms with Crippen LogP contribution >= 0.6 is 11.6 Å². The van der Waals surface area contributed by atoms with Gasteiger partial charge in [0.15, 0.2) is 11.6 Å². The largest absolute Gasteiger partial charge is 0.332 e. The van der Waals surface area contributed by atoms with Gasteiger partial charge < -0.3 is 10.2 Å². The molecule has 0 spiro atoms. The Labute approximate surface area is 149 Å². The van der Waals surface area contributed by atoms with Crippen molar-refractivity contribution in [2.75, 3.05) is 18.9 Å². The van der Waals surface area contributed by atoms with Gasteiger partial charge >= 0.3 is 0 Å². The standard InChI is InChI=1S/C18H17ClF2N2O2/c1-3-11-6-4-5-7-16(11)22-17(24)10-23(2)18(25)12-8-14(20)15(21)9-13(12)19/h4-9H,3,10H2,1-2H3,(H,22,24). The molecule has 0 aliphatic rings. The maximum atomic E-state index is 13.3. The number of benzene rings is 2. The van der Waals surface area contributed by atoms with Crippen LogP contribution in [-0.2, 0) is 11.2 Å². The van der Waals surface area contributed by atoms with Gasteiger partial charge in [-0.25, -0.2) is 8.78 Å². The van der Waals surface area contributed by atoms with Gasteiger partial charge in [0.05, 0.1) is 17.1 Å². The minimum absolute atomic E-state index is 0.204. The Hall–Kier alpha value is -2.47. The summed E-state index contributed by atoms with van der Waals surface area (Å²) >= 11 is 5.79. The topological polar surface area (TPSA) is 49.4 Å². The molecule has 0 aromatic heterocycles. The van der Waals surface area contributed by atoms with Crippen LogP contribution in [0.2, 0.25) is 5.02 Å². The molecule has 2 aromatic rings. The number of likely N-dealkylation sites (N-methyl/N-ethyl adjacent to an activating group) is 1. The van der Waals surface area contributed by atoms with E-state index < -0.39 is 23.4 Å². The number of nitrogens with one attached hydrogen (secondary N) is 1.